The van der Waals surface area contributed by atoms with E-state index >= 15 is 0 Å². The highest BCUT2D eigenvalue weighted by Crippen LogP contribution is 2.25. The fraction of sp³-hybridized carbons (Fsp3) is 0.588. The first-order valence-electron chi connectivity index (χ1n) is 7.81. The van der Waals surface area contributed by atoms with Crippen LogP contribution in [0.1, 0.15) is 13.3 Å². The van der Waals surface area contributed by atoms with Crippen LogP contribution in [0.3, 0.4) is 0 Å². The molecular formula is C17H25NO6. The van der Waals surface area contributed by atoms with Gasteiger partial charge in [-0.15, -0.1) is 0 Å². The van der Waals surface area contributed by atoms with Crippen molar-refractivity contribution in [1.82, 2.24) is 0 Å². The first-order chi connectivity index (χ1) is 11.5. The summed E-state index contributed by atoms with van der Waals surface area (Å²) < 4.78 is 26.5. The molecule has 2 rings (SSSR count). The molecule has 134 valence electrons. The molecule has 0 unspecified atom stereocenters. The molecule has 0 spiro atoms. The third-order valence-corrected chi connectivity index (χ3v) is 4.06. The predicted octanol–water partition coefficient (Wildman–Crippen LogP) is 2.44. The van der Waals surface area contributed by atoms with Gasteiger partial charge in [0.25, 0.3) is 0 Å². The Morgan fingerprint density at radius 1 is 1.21 bits per heavy atom. The molecule has 1 atom stereocenters. The fourth-order valence-corrected chi connectivity index (χ4v) is 2.37. The molecule has 0 bridgehead atoms. The number of ether oxygens (including phenoxy) is 5. The summed E-state index contributed by atoms with van der Waals surface area (Å²) in [6, 6.07) is 7.31. The Balaban J connectivity index is 1.88. The van der Waals surface area contributed by atoms with Crippen LogP contribution in [-0.4, -0.2) is 59.1 Å². The van der Waals surface area contributed by atoms with Gasteiger partial charge in [0.1, 0.15) is 11.9 Å². The van der Waals surface area contributed by atoms with Crippen LogP contribution in [0.15, 0.2) is 24.3 Å². The van der Waals surface area contributed by atoms with E-state index in [1.54, 1.807) is 26.2 Å². The van der Waals surface area contributed by atoms with Crippen molar-refractivity contribution in [1.29, 1.82) is 0 Å². The van der Waals surface area contributed by atoms with Gasteiger partial charge in [-0.1, -0.05) is 0 Å². The number of hydrogen-bond donors (Lipinski definition) is 0. The van der Waals surface area contributed by atoms with Crippen molar-refractivity contribution in [2.45, 2.75) is 25.2 Å². The second-order valence-electron chi connectivity index (χ2n) is 5.71. The number of methoxy groups -OCH3 is 3. The van der Waals surface area contributed by atoms with E-state index in [4.69, 9.17) is 23.7 Å². The molecule has 0 radical (unpaired) electrons. The normalized spacial score (nSPS) is 17.9. The lowest BCUT2D eigenvalue weighted by atomic mass is 10.2. The summed E-state index contributed by atoms with van der Waals surface area (Å²) in [5.41, 5.74) is 0.768. The zero-order valence-electron chi connectivity index (χ0n) is 14.6. The van der Waals surface area contributed by atoms with Gasteiger partial charge in [0.05, 0.1) is 19.8 Å². The minimum absolute atomic E-state index is 0.237. The maximum absolute atomic E-state index is 11.9. The largest absolute Gasteiger partial charge is 0.493 e. The van der Waals surface area contributed by atoms with E-state index in [2.05, 4.69) is 0 Å². The standard InChI is InChI=1S/C17H25NO6/c1-17(21-3,22-4)9-10-23-14-7-5-13(6-8-14)18-11-15(12-20-2)24-16(18)19/h5-8,15H,9-12H2,1-4H3/t15-/m1/s1. The highest BCUT2D eigenvalue weighted by Gasteiger charge is 2.32. The lowest BCUT2D eigenvalue weighted by Gasteiger charge is -2.26. The van der Waals surface area contributed by atoms with Crippen LogP contribution in [0.5, 0.6) is 5.75 Å². The van der Waals surface area contributed by atoms with E-state index in [-0.39, 0.29) is 12.2 Å². The summed E-state index contributed by atoms with van der Waals surface area (Å²) >= 11 is 0. The Bertz CT molecular complexity index is 528. The number of cyclic esters (lactones) is 1. The van der Waals surface area contributed by atoms with E-state index in [9.17, 15) is 4.79 Å². The minimum Gasteiger partial charge on any atom is -0.493 e. The maximum atomic E-state index is 11.9. The average molecular weight is 339 g/mol. The Morgan fingerprint density at radius 3 is 2.46 bits per heavy atom. The number of benzene rings is 1. The molecule has 1 aliphatic rings. The van der Waals surface area contributed by atoms with E-state index < -0.39 is 5.79 Å². The lowest BCUT2D eigenvalue weighted by molar-refractivity contribution is -0.200. The zero-order valence-corrected chi connectivity index (χ0v) is 14.6. The molecule has 1 amide bonds. The number of carbonyl (C=O) groups is 1. The molecule has 1 aromatic carbocycles. The number of carbonyl (C=O) groups excluding carboxylic acids is 1. The van der Waals surface area contributed by atoms with Crippen LogP contribution >= 0.6 is 0 Å². The summed E-state index contributed by atoms with van der Waals surface area (Å²) in [6.07, 6.45) is -0.000290. The number of amides is 1. The molecule has 0 N–H and O–H groups in total. The van der Waals surface area contributed by atoms with Crippen molar-refractivity contribution in [2.24, 2.45) is 0 Å². The predicted molar refractivity (Wildman–Crippen MR) is 88.5 cm³/mol. The number of hydrogen-bond acceptors (Lipinski definition) is 6. The third-order valence-electron chi connectivity index (χ3n) is 4.06. The third kappa shape index (κ3) is 4.59. The summed E-state index contributed by atoms with van der Waals surface area (Å²) in [5.74, 6) is 0.0598. The Hall–Kier alpha value is -1.83. The van der Waals surface area contributed by atoms with Gasteiger partial charge in [-0.2, -0.15) is 0 Å². The van der Waals surface area contributed by atoms with Gasteiger partial charge in [-0.25, -0.2) is 4.79 Å². The summed E-state index contributed by atoms with van der Waals surface area (Å²) in [5, 5.41) is 0. The van der Waals surface area contributed by atoms with Crippen LogP contribution in [0.4, 0.5) is 10.5 Å². The molecule has 1 heterocycles. The molecule has 1 aliphatic heterocycles. The maximum Gasteiger partial charge on any atom is 0.414 e. The molecule has 1 saturated heterocycles. The van der Waals surface area contributed by atoms with Crippen molar-refractivity contribution in [3.63, 3.8) is 0 Å². The molecular weight excluding hydrogens is 314 g/mol. The van der Waals surface area contributed by atoms with Gasteiger partial charge in [-0.3, -0.25) is 4.90 Å². The molecule has 7 nitrogen and oxygen atoms in total. The topological polar surface area (TPSA) is 66.5 Å². The molecule has 24 heavy (non-hydrogen) atoms. The molecule has 1 fully saturated rings. The van der Waals surface area contributed by atoms with Crippen LogP contribution in [0.2, 0.25) is 0 Å². The van der Waals surface area contributed by atoms with Crippen molar-refractivity contribution < 1.29 is 28.5 Å². The smallest absolute Gasteiger partial charge is 0.414 e. The SMILES string of the molecule is COC[C@H]1CN(c2ccc(OCCC(C)(OC)OC)cc2)C(=O)O1. The van der Waals surface area contributed by atoms with E-state index in [0.29, 0.717) is 31.9 Å². The Kier molecular flexibility index (Phi) is 6.42. The Labute approximate surface area is 142 Å². The minimum atomic E-state index is -0.657. The highest BCUT2D eigenvalue weighted by molar-refractivity contribution is 5.89. The van der Waals surface area contributed by atoms with Crippen molar-refractivity contribution in [3.8, 4) is 5.75 Å². The van der Waals surface area contributed by atoms with E-state index in [1.165, 1.54) is 0 Å². The highest BCUT2D eigenvalue weighted by atomic mass is 16.7. The average Bonchev–Trinajstić information content (AvgIpc) is 2.96. The zero-order chi connectivity index (χ0) is 17.6. The summed E-state index contributed by atoms with van der Waals surface area (Å²) in [7, 11) is 4.79. The number of anilines is 1. The number of rotatable bonds is 9. The van der Waals surface area contributed by atoms with Crippen molar-refractivity contribution in [3.05, 3.63) is 24.3 Å². The molecule has 0 aromatic heterocycles. The molecule has 7 heteroatoms. The van der Waals surface area contributed by atoms with Crippen molar-refractivity contribution >= 4 is 11.8 Å². The first kappa shape index (κ1) is 18.5. The monoisotopic (exact) mass is 339 g/mol. The van der Waals surface area contributed by atoms with Gasteiger partial charge in [0.15, 0.2) is 5.79 Å². The van der Waals surface area contributed by atoms with Crippen LogP contribution in [0.25, 0.3) is 0 Å². The number of nitrogens with zero attached hydrogens (tertiary/aromatic N) is 1. The van der Waals surface area contributed by atoms with Gasteiger partial charge >= 0.3 is 6.09 Å². The van der Waals surface area contributed by atoms with E-state index in [0.717, 1.165) is 5.69 Å². The van der Waals surface area contributed by atoms with Crippen LogP contribution < -0.4 is 9.64 Å². The van der Waals surface area contributed by atoms with Crippen LogP contribution in [-0.2, 0) is 18.9 Å². The van der Waals surface area contributed by atoms with Gasteiger partial charge < -0.3 is 23.7 Å². The summed E-state index contributed by atoms with van der Waals surface area (Å²) in [4.78, 5) is 13.5. The summed E-state index contributed by atoms with van der Waals surface area (Å²) in [6.45, 7) is 3.18. The van der Waals surface area contributed by atoms with Gasteiger partial charge in [-0.05, 0) is 31.2 Å². The second-order valence-corrected chi connectivity index (χ2v) is 5.71. The Morgan fingerprint density at radius 2 is 1.88 bits per heavy atom. The molecule has 0 saturated carbocycles. The van der Waals surface area contributed by atoms with Gasteiger partial charge in [0, 0.05) is 33.4 Å². The quantitative estimate of drug-likeness (QED) is 0.644. The van der Waals surface area contributed by atoms with Gasteiger partial charge in [0.2, 0.25) is 0 Å². The fourth-order valence-electron chi connectivity index (χ4n) is 2.37. The lowest BCUT2D eigenvalue weighted by Crippen LogP contribution is -2.31. The van der Waals surface area contributed by atoms with E-state index in [1.807, 2.05) is 31.2 Å². The molecule has 1 aromatic rings. The second kappa shape index (κ2) is 8.32. The van der Waals surface area contributed by atoms with Crippen molar-refractivity contribution in [2.75, 3.05) is 46.0 Å². The first-order valence-corrected chi connectivity index (χ1v) is 7.81. The van der Waals surface area contributed by atoms with Crippen LogP contribution in [0, 0.1) is 0 Å². The molecule has 0 aliphatic carbocycles.